The maximum atomic E-state index is 2.48. The number of rotatable bonds is 5. The van der Waals surface area contributed by atoms with Crippen molar-refractivity contribution in [3.8, 4) is 16.8 Å². The second-order valence-corrected chi connectivity index (χ2v) is 14.8. The van der Waals surface area contributed by atoms with E-state index in [2.05, 4.69) is 191 Å². The van der Waals surface area contributed by atoms with E-state index in [4.69, 9.17) is 0 Å². The summed E-state index contributed by atoms with van der Waals surface area (Å²) in [5.41, 5.74) is 9.45. The molecule has 2 aromatic heterocycles. The van der Waals surface area contributed by atoms with Crippen LogP contribution in [0.5, 0.6) is 0 Å². The Morgan fingerprint density at radius 1 is 0.429 bits per heavy atom. The van der Waals surface area contributed by atoms with E-state index in [1.165, 1.54) is 68.7 Å². The fourth-order valence-corrected chi connectivity index (χ4v) is 10.2. The van der Waals surface area contributed by atoms with Crippen LogP contribution in [0.15, 0.2) is 182 Å². The van der Waals surface area contributed by atoms with Crippen LogP contribution in [0.1, 0.15) is 0 Å². The van der Waals surface area contributed by atoms with Crippen molar-refractivity contribution in [1.82, 2.24) is 4.57 Å². The number of fused-ring (bicyclic) bond motifs is 8. The number of benzene rings is 8. The van der Waals surface area contributed by atoms with Gasteiger partial charge >= 0.3 is 292 Å². The third-order valence-corrected chi connectivity index (χ3v) is 12.3. The van der Waals surface area contributed by atoms with Gasteiger partial charge in [-0.25, -0.2) is 0 Å². The van der Waals surface area contributed by atoms with Gasteiger partial charge in [-0.05, 0) is 0 Å². The summed E-state index contributed by atoms with van der Waals surface area (Å²) in [5.74, 6) is 0. The van der Waals surface area contributed by atoms with Gasteiger partial charge in [-0.3, -0.25) is 0 Å². The first-order valence-corrected chi connectivity index (χ1v) is 18.4. The number of hydrogen-bond donors (Lipinski definition) is 0. The SMILES string of the molecule is c1ccc(-c2cccc(N(c3ccc4c5ccccc5n(-c5ccccc5)c4c3)c3cccc4[se]c5c6ccccc6ccc5c34)c2)cc1. The fraction of sp³-hybridized carbons (Fsp3) is 0. The Balaban J connectivity index is 1.28. The second kappa shape index (κ2) is 11.4. The van der Waals surface area contributed by atoms with Crippen molar-refractivity contribution in [1.29, 1.82) is 0 Å². The number of para-hydroxylation sites is 2. The molecule has 10 rings (SSSR count). The topological polar surface area (TPSA) is 8.17 Å². The summed E-state index contributed by atoms with van der Waals surface area (Å²) in [6.07, 6.45) is 0. The Morgan fingerprint density at radius 3 is 1.98 bits per heavy atom. The molecule has 10 aromatic rings. The van der Waals surface area contributed by atoms with E-state index < -0.39 is 0 Å². The van der Waals surface area contributed by atoms with E-state index in [1.54, 1.807) is 0 Å². The molecule has 3 heteroatoms. The minimum atomic E-state index is 0.211. The first-order chi connectivity index (χ1) is 24.3. The van der Waals surface area contributed by atoms with Crippen molar-refractivity contribution in [2.24, 2.45) is 0 Å². The van der Waals surface area contributed by atoms with E-state index in [0.717, 1.165) is 17.1 Å². The number of aromatic nitrogens is 1. The van der Waals surface area contributed by atoms with Gasteiger partial charge in [-0.15, -0.1) is 0 Å². The Morgan fingerprint density at radius 2 is 1.10 bits per heavy atom. The molecule has 0 amide bonds. The fourth-order valence-electron chi connectivity index (χ4n) is 7.56. The molecular weight excluding hydrogens is 659 g/mol. The number of nitrogens with zero attached hydrogens (tertiary/aromatic N) is 2. The van der Waals surface area contributed by atoms with Crippen LogP contribution in [0.3, 0.4) is 0 Å². The van der Waals surface area contributed by atoms with Gasteiger partial charge in [-0.2, -0.15) is 0 Å². The van der Waals surface area contributed by atoms with Gasteiger partial charge in [0.2, 0.25) is 0 Å². The molecule has 0 aliphatic rings. The van der Waals surface area contributed by atoms with E-state index in [0.29, 0.717) is 0 Å². The summed E-state index contributed by atoms with van der Waals surface area (Å²) in [6, 6.07) is 66.6. The third-order valence-electron chi connectivity index (χ3n) is 9.75. The van der Waals surface area contributed by atoms with E-state index >= 15 is 0 Å². The molecule has 0 aliphatic heterocycles. The van der Waals surface area contributed by atoms with Crippen molar-refractivity contribution in [2.75, 3.05) is 4.90 Å². The molecule has 2 nitrogen and oxygen atoms in total. The molecule has 0 unspecified atom stereocenters. The van der Waals surface area contributed by atoms with E-state index in [-0.39, 0.29) is 14.5 Å². The molecule has 0 saturated carbocycles. The van der Waals surface area contributed by atoms with Gasteiger partial charge in [-0.1, -0.05) is 0 Å². The van der Waals surface area contributed by atoms with Crippen molar-refractivity contribution < 1.29 is 0 Å². The first-order valence-electron chi connectivity index (χ1n) is 16.7. The Hall–Kier alpha value is -5.86. The first kappa shape index (κ1) is 28.2. The zero-order valence-corrected chi connectivity index (χ0v) is 28.3. The standard InChI is InChI=1S/C46H30N2Se/c1-3-13-31(14-4-1)33-16-11-19-35(29-33)47(42-23-12-24-44-45(42)40-27-25-32-15-7-8-20-37(32)46(40)49-44)36-26-28-39-38-21-9-10-22-41(38)48(43(39)30-36)34-17-5-2-6-18-34/h1-30H. The Kier molecular flexibility index (Phi) is 6.55. The molecule has 0 radical (unpaired) electrons. The van der Waals surface area contributed by atoms with Crippen LogP contribution in [0, 0.1) is 0 Å². The van der Waals surface area contributed by atoms with Crippen molar-refractivity contribution in [2.45, 2.75) is 0 Å². The molecule has 0 saturated heterocycles. The zero-order chi connectivity index (χ0) is 32.3. The summed E-state index contributed by atoms with van der Waals surface area (Å²) in [4.78, 5) is 2.48. The van der Waals surface area contributed by atoms with Crippen molar-refractivity contribution in [3.63, 3.8) is 0 Å². The predicted octanol–water partition coefficient (Wildman–Crippen LogP) is 12.4. The molecule has 0 bridgehead atoms. The van der Waals surface area contributed by atoms with Crippen LogP contribution < -0.4 is 4.90 Å². The molecule has 0 N–H and O–H groups in total. The molecule has 0 aliphatic carbocycles. The van der Waals surface area contributed by atoms with Gasteiger partial charge in [0.1, 0.15) is 0 Å². The molecule has 0 atom stereocenters. The molecule has 2 heterocycles. The summed E-state index contributed by atoms with van der Waals surface area (Å²) < 4.78 is 5.32. The van der Waals surface area contributed by atoms with Crippen molar-refractivity contribution in [3.05, 3.63) is 182 Å². The third kappa shape index (κ3) is 4.55. The normalized spacial score (nSPS) is 11.7. The summed E-state index contributed by atoms with van der Waals surface area (Å²) >= 11 is 0.211. The van der Waals surface area contributed by atoms with E-state index in [1.807, 2.05) is 0 Å². The van der Waals surface area contributed by atoms with Gasteiger partial charge in [0, 0.05) is 0 Å². The predicted molar refractivity (Wildman–Crippen MR) is 210 cm³/mol. The summed E-state index contributed by atoms with van der Waals surface area (Å²) in [7, 11) is 0. The van der Waals surface area contributed by atoms with Gasteiger partial charge in [0.15, 0.2) is 0 Å². The number of hydrogen-bond acceptors (Lipinski definition) is 1. The minimum absolute atomic E-state index is 0.211. The molecule has 0 fully saturated rings. The second-order valence-electron chi connectivity index (χ2n) is 12.6. The Bertz CT molecular complexity index is 2830. The van der Waals surface area contributed by atoms with Gasteiger partial charge in [0.25, 0.3) is 0 Å². The summed E-state index contributed by atoms with van der Waals surface area (Å²) in [6.45, 7) is 0. The van der Waals surface area contributed by atoms with Crippen molar-refractivity contribution >= 4 is 83.4 Å². The maximum absolute atomic E-state index is 2.48. The van der Waals surface area contributed by atoms with E-state index in [9.17, 15) is 0 Å². The quantitative estimate of drug-likeness (QED) is 0.163. The van der Waals surface area contributed by atoms with Crippen LogP contribution in [0.25, 0.3) is 68.7 Å². The van der Waals surface area contributed by atoms with Crippen LogP contribution in [0.4, 0.5) is 17.1 Å². The molecule has 8 aromatic carbocycles. The molecule has 230 valence electrons. The molecule has 0 spiro atoms. The summed E-state index contributed by atoms with van der Waals surface area (Å²) in [5, 5.41) is 7.89. The van der Waals surface area contributed by atoms with Gasteiger partial charge in [0.05, 0.1) is 0 Å². The molecule has 49 heavy (non-hydrogen) atoms. The monoisotopic (exact) mass is 690 g/mol. The number of anilines is 3. The van der Waals surface area contributed by atoms with Crippen LogP contribution in [-0.2, 0) is 0 Å². The van der Waals surface area contributed by atoms with Crippen LogP contribution in [0.2, 0.25) is 0 Å². The molecular formula is C46H30N2Se. The average Bonchev–Trinajstić information content (AvgIpc) is 3.72. The van der Waals surface area contributed by atoms with Crippen LogP contribution in [-0.4, -0.2) is 19.1 Å². The van der Waals surface area contributed by atoms with Crippen LogP contribution >= 0.6 is 0 Å². The Labute approximate surface area is 290 Å². The average molecular weight is 690 g/mol. The van der Waals surface area contributed by atoms with Gasteiger partial charge < -0.3 is 0 Å². The zero-order valence-electron chi connectivity index (χ0n) is 26.6.